The molecule has 2 atom stereocenters. The molecule has 4 aliphatic rings. The van der Waals surface area contributed by atoms with Gasteiger partial charge in [0.05, 0.1) is 21.5 Å². The number of rotatable bonds is 4. The van der Waals surface area contributed by atoms with Crippen molar-refractivity contribution < 1.29 is 9.32 Å². The van der Waals surface area contributed by atoms with Crippen LogP contribution < -0.4 is 9.80 Å². The van der Waals surface area contributed by atoms with E-state index >= 15 is 0 Å². The molecule has 8 nitrogen and oxygen atoms in total. The minimum absolute atomic E-state index is 0.0399. The van der Waals surface area contributed by atoms with Crippen molar-refractivity contribution in [3.63, 3.8) is 0 Å². The normalized spacial score (nSPS) is 25.8. The van der Waals surface area contributed by atoms with Gasteiger partial charge in [0.1, 0.15) is 4.90 Å². The molecule has 0 amide bonds. The van der Waals surface area contributed by atoms with Gasteiger partial charge in [0.15, 0.2) is 11.6 Å². The van der Waals surface area contributed by atoms with Crippen molar-refractivity contribution in [2.24, 2.45) is 5.92 Å². The Morgan fingerprint density at radius 2 is 2.00 bits per heavy atom. The standard InChI is InChI=1S/C23H27ClN6O2S/c24-17-12-25-20(26-13-17)15-2-8-29(9-3-15)22-27-18-5-11-33(32)19(18)21(28-22)30-10-4-16(14-31)23(30)6-1-7-23/h2,12-13,16,31H,1,3-11,14H2/t16-,33+/m1/s1. The fourth-order valence-electron chi connectivity index (χ4n) is 5.81. The van der Waals surface area contributed by atoms with E-state index in [4.69, 9.17) is 21.6 Å². The number of hydrogen-bond acceptors (Lipinski definition) is 8. The lowest BCUT2D eigenvalue weighted by molar-refractivity contribution is 0.114. The Balaban J connectivity index is 1.33. The van der Waals surface area contributed by atoms with Gasteiger partial charge in [-0.3, -0.25) is 4.21 Å². The van der Waals surface area contributed by atoms with Gasteiger partial charge in [-0.1, -0.05) is 17.7 Å². The van der Waals surface area contributed by atoms with Crippen molar-refractivity contribution in [3.05, 3.63) is 35.0 Å². The monoisotopic (exact) mass is 486 g/mol. The third-order valence-corrected chi connectivity index (χ3v) is 9.40. The highest BCUT2D eigenvalue weighted by molar-refractivity contribution is 7.85. The lowest BCUT2D eigenvalue weighted by Gasteiger charge is -2.50. The maximum absolute atomic E-state index is 12.9. The third-order valence-electron chi connectivity index (χ3n) is 7.75. The topological polar surface area (TPSA) is 95.3 Å². The molecule has 2 aromatic heterocycles. The van der Waals surface area contributed by atoms with Gasteiger partial charge in [-0.2, -0.15) is 4.98 Å². The van der Waals surface area contributed by atoms with E-state index in [1.165, 1.54) is 6.42 Å². The van der Waals surface area contributed by atoms with Crippen LogP contribution in [0.25, 0.3) is 5.57 Å². The number of hydrogen-bond donors (Lipinski definition) is 1. The van der Waals surface area contributed by atoms with Crippen LogP contribution >= 0.6 is 11.6 Å². The van der Waals surface area contributed by atoms with Gasteiger partial charge >= 0.3 is 0 Å². The first-order chi connectivity index (χ1) is 16.1. The first-order valence-electron chi connectivity index (χ1n) is 11.7. The number of nitrogens with zero attached hydrogens (tertiary/aromatic N) is 6. The van der Waals surface area contributed by atoms with Crippen molar-refractivity contribution in [1.82, 2.24) is 19.9 Å². The molecule has 3 aliphatic heterocycles. The molecule has 0 unspecified atom stereocenters. The fourth-order valence-corrected chi connectivity index (χ4v) is 7.26. The maximum Gasteiger partial charge on any atom is 0.227 e. The molecular formula is C23H27ClN6O2S. The first kappa shape index (κ1) is 21.4. The molecule has 1 saturated heterocycles. The Morgan fingerprint density at radius 3 is 2.67 bits per heavy atom. The lowest BCUT2D eigenvalue weighted by Crippen LogP contribution is -2.55. The smallest absolute Gasteiger partial charge is 0.227 e. The number of anilines is 2. The fraction of sp³-hybridized carbons (Fsp3) is 0.565. The summed E-state index contributed by atoms with van der Waals surface area (Å²) in [5.74, 6) is 3.14. The Morgan fingerprint density at radius 1 is 1.18 bits per heavy atom. The molecule has 10 heteroatoms. The molecule has 1 N–H and O–H groups in total. The van der Waals surface area contributed by atoms with Gasteiger partial charge in [0, 0.05) is 62.3 Å². The highest BCUT2D eigenvalue weighted by Gasteiger charge is 2.53. The van der Waals surface area contributed by atoms with Crippen LogP contribution in [0.5, 0.6) is 0 Å². The Labute approximate surface area is 200 Å². The molecular weight excluding hydrogens is 460 g/mol. The Hall–Kier alpha value is -2.10. The van der Waals surface area contributed by atoms with Crippen LogP contribution in [0.2, 0.25) is 5.02 Å². The van der Waals surface area contributed by atoms with E-state index in [9.17, 15) is 9.32 Å². The second-order valence-electron chi connectivity index (χ2n) is 9.35. The lowest BCUT2D eigenvalue weighted by atomic mass is 9.69. The Bertz CT molecular complexity index is 1140. The molecule has 33 heavy (non-hydrogen) atoms. The first-order valence-corrected chi connectivity index (χ1v) is 13.4. The van der Waals surface area contributed by atoms with Crippen molar-refractivity contribution in [1.29, 1.82) is 0 Å². The summed E-state index contributed by atoms with van der Waals surface area (Å²) in [6.45, 7) is 2.49. The van der Waals surface area contributed by atoms with Crippen molar-refractivity contribution in [2.45, 2.75) is 49.0 Å². The molecule has 2 fully saturated rings. The van der Waals surface area contributed by atoms with Crippen molar-refractivity contribution in [2.75, 3.05) is 41.8 Å². The van der Waals surface area contributed by atoms with Gasteiger partial charge in [-0.25, -0.2) is 15.0 Å². The molecule has 6 rings (SSSR count). The Kier molecular flexibility index (Phi) is 5.38. The van der Waals surface area contributed by atoms with Crippen LogP contribution in [0.4, 0.5) is 11.8 Å². The number of fused-ring (bicyclic) bond motifs is 1. The summed E-state index contributed by atoms with van der Waals surface area (Å²) in [5, 5.41) is 10.5. The van der Waals surface area contributed by atoms with Crippen molar-refractivity contribution >= 4 is 39.7 Å². The van der Waals surface area contributed by atoms with Crippen LogP contribution in [0, 0.1) is 5.92 Å². The number of halogens is 1. The summed E-state index contributed by atoms with van der Waals surface area (Å²) in [4.78, 5) is 24.0. The van der Waals surface area contributed by atoms with E-state index < -0.39 is 10.8 Å². The second kappa shape index (κ2) is 8.29. The summed E-state index contributed by atoms with van der Waals surface area (Å²) in [6, 6.07) is 0. The van der Waals surface area contributed by atoms with Crippen LogP contribution in [-0.4, -0.2) is 66.8 Å². The van der Waals surface area contributed by atoms with Gasteiger partial charge in [0.2, 0.25) is 5.95 Å². The van der Waals surface area contributed by atoms with E-state index in [-0.39, 0.29) is 18.1 Å². The number of aliphatic hydroxyl groups excluding tert-OH is 1. The highest BCUT2D eigenvalue weighted by atomic mass is 35.5. The zero-order valence-corrected chi connectivity index (χ0v) is 20.0. The van der Waals surface area contributed by atoms with E-state index in [0.717, 1.165) is 67.2 Å². The van der Waals surface area contributed by atoms with Crippen LogP contribution in [0.15, 0.2) is 23.4 Å². The minimum atomic E-state index is -1.06. The summed E-state index contributed by atoms with van der Waals surface area (Å²) < 4.78 is 12.9. The molecule has 0 aromatic carbocycles. The largest absolute Gasteiger partial charge is 0.396 e. The minimum Gasteiger partial charge on any atom is -0.396 e. The van der Waals surface area contributed by atoms with E-state index in [2.05, 4.69) is 25.8 Å². The summed E-state index contributed by atoms with van der Waals surface area (Å²) in [5.41, 5.74) is 1.98. The maximum atomic E-state index is 12.9. The molecule has 0 bridgehead atoms. The molecule has 1 saturated carbocycles. The van der Waals surface area contributed by atoms with E-state index in [1.807, 2.05) is 0 Å². The molecule has 5 heterocycles. The van der Waals surface area contributed by atoms with Gasteiger partial charge in [-0.05, 0) is 37.7 Å². The van der Waals surface area contributed by atoms with Gasteiger partial charge < -0.3 is 14.9 Å². The zero-order valence-electron chi connectivity index (χ0n) is 18.4. The van der Waals surface area contributed by atoms with Gasteiger partial charge in [-0.15, -0.1) is 0 Å². The third kappa shape index (κ3) is 3.47. The van der Waals surface area contributed by atoms with Gasteiger partial charge in [0.25, 0.3) is 0 Å². The van der Waals surface area contributed by atoms with Crippen LogP contribution in [-0.2, 0) is 17.2 Å². The van der Waals surface area contributed by atoms with Crippen LogP contribution in [0.3, 0.4) is 0 Å². The predicted molar refractivity (Wildman–Crippen MR) is 128 cm³/mol. The average molecular weight is 487 g/mol. The SMILES string of the molecule is O=[S@]1CCc2nc(N3CC=C(c4ncc(Cl)cn4)CC3)nc(N3CC[C@H](CO)C34CCC4)c21. The highest BCUT2D eigenvalue weighted by Crippen LogP contribution is 2.52. The number of aliphatic hydroxyl groups is 1. The predicted octanol–water partition coefficient (Wildman–Crippen LogP) is 2.62. The zero-order chi connectivity index (χ0) is 22.6. The molecule has 0 radical (unpaired) electrons. The summed E-state index contributed by atoms with van der Waals surface area (Å²) >= 11 is 5.92. The molecule has 2 aromatic rings. The average Bonchev–Trinajstić information content (AvgIpc) is 3.40. The number of aryl methyl sites for hydroxylation is 1. The van der Waals surface area contributed by atoms with E-state index in [0.29, 0.717) is 29.1 Å². The van der Waals surface area contributed by atoms with Crippen LogP contribution in [0.1, 0.15) is 43.6 Å². The number of aromatic nitrogens is 4. The molecule has 174 valence electrons. The molecule has 1 aliphatic carbocycles. The molecule has 1 spiro atoms. The summed E-state index contributed by atoms with van der Waals surface area (Å²) in [7, 11) is -1.06. The van der Waals surface area contributed by atoms with E-state index in [1.54, 1.807) is 12.4 Å². The second-order valence-corrected chi connectivity index (χ2v) is 11.3. The van der Waals surface area contributed by atoms with Crippen molar-refractivity contribution in [3.8, 4) is 0 Å². The summed E-state index contributed by atoms with van der Waals surface area (Å²) in [6.07, 6.45) is 11.2. The quantitative estimate of drug-likeness (QED) is 0.704.